The number of likely N-dealkylation sites (N-methyl/N-ethyl adjacent to an activating group) is 1. The first-order chi connectivity index (χ1) is 21.5. The van der Waals surface area contributed by atoms with Gasteiger partial charge in [-0.1, -0.05) is 37.6 Å². The normalized spacial score (nSPS) is 12.9. The topological polar surface area (TPSA) is 117 Å². The summed E-state index contributed by atoms with van der Waals surface area (Å²) >= 11 is 6.40. The van der Waals surface area contributed by atoms with Gasteiger partial charge in [-0.2, -0.15) is 18.4 Å². The van der Waals surface area contributed by atoms with E-state index < -0.39 is 41.3 Å². The highest BCUT2D eigenvalue weighted by molar-refractivity contribution is 6.29. The maximum Gasteiger partial charge on any atom is 0.416 e. The number of aryl methyl sites for hydroxylation is 1. The van der Waals surface area contributed by atoms with E-state index in [4.69, 9.17) is 16.3 Å². The molecule has 0 aliphatic rings. The summed E-state index contributed by atoms with van der Waals surface area (Å²) in [5, 5.41) is 12.5. The maximum absolute atomic E-state index is 14.0. The van der Waals surface area contributed by atoms with Crippen LogP contribution in [0.1, 0.15) is 66.7 Å². The summed E-state index contributed by atoms with van der Waals surface area (Å²) in [6, 6.07) is 8.74. The Bertz CT molecular complexity index is 1680. The van der Waals surface area contributed by atoms with Crippen LogP contribution in [0.15, 0.2) is 47.4 Å². The Balaban J connectivity index is 2.13. The Labute approximate surface area is 270 Å². The number of nitrogens with zero attached hydrogens (tertiary/aromatic N) is 4. The van der Waals surface area contributed by atoms with Gasteiger partial charge >= 0.3 is 12.1 Å². The number of nitriles is 1. The van der Waals surface area contributed by atoms with E-state index in [1.807, 2.05) is 26.8 Å². The second-order valence-corrected chi connectivity index (χ2v) is 12.1. The molecule has 13 heteroatoms. The second kappa shape index (κ2) is 15.4. The molecule has 2 heterocycles. The van der Waals surface area contributed by atoms with Crippen molar-refractivity contribution in [1.29, 1.82) is 5.26 Å². The van der Waals surface area contributed by atoms with Crippen LogP contribution in [0, 0.1) is 24.2 Å². The number of hydrogen-bond donors (Lipinski definition) is 1. The van der Waals surface area contributed by atoms with Crippen molar-refractivity contribution < 1.29 is 27.5 Å². The number of aromatic nitrogens is 2. The first-order valence-electron chi connectivity index (χ1n) is 14.6. The number of ether oxygens (including phenoxy) is 1. The molecule has 46 heavy (non-hydrogen) atoms. The maximum atomic E-state index is 14.0. The monoisotopic (exact) mass is 659 g/mol. The average molecular weight is 660 g/mol. The van der Waals surface area contributed by atoms with Crippen molar-refractivity contribution in [3.8, 4) is 17.2 Å². The van der Waals surface area contributed by atoms with E-state index in [9.17, 15) is 32.8 Å². The molecule has 9 nitrogen and oxygen atoms in total. The number of hydrogen-bond acceptors (Lipinski definition) is 7. The Morgan fingerprint density at radius 2 is 1.89 bits per heavy atom. The Morgan fingerprint density at radius 3 is 2.48 bits per heavy atom. The minimum absolute atomic E-state index is 0.0120. The van der Waals surface area contributed by atoms with Crippen molar-refractivity contribution in [1.82, 2.24) is 19.8 Å². The van der Waals surface area contributed by atoms with E-state index in [1.165, 1.54) is 7.11 Å². The number of nitrogens with one attached hydrogen (secondary N) is 1. The van der Waals surface area contributed by atoms with Crippen molar-refractivity contribution in [2.45, 2.75) is 58.3 Å². The molecule has 0 fully saturated rings. The molecule has 0 saturated carbocycles. The fourth-order valence-electron chi connectivity index (χ4n) is 5.17. The smallest absolute Gasteiger partial charge is 0.416 e. The van der Waals surface area contributed by atoms with Crippen LogP contribution >= 0.6 is 11.6 Å². The lowest BCUT2D eigenvalue weighted by Crippen LogP contribution is -2.41. The summed E-state index contributed by atoms with van der Waals surface area (Å²) in [7, 11) is 4.62. The van der Waals surface area contributed by atoms with Crippen LogP contribution in [0.2, 0.25) is 5.15 Å². The van der Waals surface area contributed by atoms with Crippen LogP contribution in [-0.4, -0.2) is 54.1 Å². The number of pyridine rings is 2. The van der Waals surface area contributed by atoms with Crippen molar-refractivity contribution >= 4 is 23.5 Å². The molecule has 1 aromatic carbocycles. The largest absolute Gasteiger partial charge is 0.469 e. The first-order valence-corrected chi connectivity index (χ1v) is 14.9. The van der Waals surface area contributed by atoms with Crippen LogP contribution < -0.4 is 10.9 Å². The van der Waals surface area contributed by atoms with E-state index >= 15 is 0 Å². The Hall–Kier alpha value is -4.21. The van der Waals surface area contributed by atoms with Crippen molar-refractivity contribution in [3.05, 3.63) is 86.0 Å². The molecule has 1 amide bonds. The fraction of sp³-hybridized carbons (Fsp3) is 0.424. The lowest BCUT2D eigenvalue weighted by Gasteiger charge is -2.26. The molecule has 1 unspecified atom stereocenters. The van der Waals surface area contributed by atoms with Gasteiger partial charge < -0.3 is 19.5 Å². The third-order valence-corrected chi connectivity index (χ3v) is 7.59. The van der Waals surface area contributed by atoms with Crippen molar-refractivity contribution in [2.24, 2.45) is 5.92 Å². The molecule has 2 aromatic heterocycles. The molecule has 3 rings (SSSR count). The predicted octanol–water partition coefficient (Wildman–Crippen LogP) is 5.87. The van der Waals surface area contributed by atoms with Crippen LogP contribution in [0.4, 0.5) is 13.2 Å². The van der Waals surface area contributed by atoms with Crippen molar-refractivity contribution in [3.63, 3.8) is 0 Å². The average Bonchev–Trinajstić information content (AvgIpc) is 2.97. The highest BCUT2D eigenvalue weighted by Gasteiger charge is 2.36. The number of benzene rings is 1. The number of methoxy groups -OCH3 is 1. The summed E-state index contributed by atoms with van der Waals surface area (Å²) in [4.78, 5) is 45.7. The van der Waals surface area contributed by atoms with Gasteiger partial charge in [-0.3, -0.25) is 14.4 Å². The highest BCUT2D eigenvalue weighted by Crippen LogP contribution is 2.34. The van der Waals surface area contributed by atoms with Gasteiger partial charge in [0.1, 0.15) is 11.2 Å². The molecule has 0 aliphatic carbocycles. The van der Waals surface area contributed by atoms with Crippen LogP contribution in [-0.2, 0) is 26.9 Å². The molecule has 0 bridgehead atoms. The number of alkyl halides is 3. The molecule has 3 aromatic rings. The summed E-state index contributed by atoms with van der Waals surface area (Å²) in [5.41, 5.74) is 0.304. The highest BCUT2D eigenvalue weighted by atomic mass is 35.5. The van der Waals surface area contributed by atoms with Crippen LogP contribution in [0.5, 0.6) is 0 Å². The third kappa shape index (κ3) is 9.17. The molecule has 0 spiro atoms. The van der Waals surface area contributed by atoms with Crippen molar-refractivity contribution in [2.75, 3.05) is 27.7 Å². The molecule has 2 atom stereocenters. The molecule has 246 valence electrons. The van der Waals surface area contributed by atoms with Gasteiger partial charge in [-0.25, -0.2) is 4.98 Å². The number of carbonyl (C=O) groups excluding carboxylic acids is 2. The lowest BCUT2D eigenvalue weighted by molar-refractivity contribution is -0.141. The van der Waals surface area contributed by atoms with Crippen LogP contribution in [0.25, 0.3) is 11.1 Å². The van der Waals surface area contributed by atoms with E-state index in [0.717, 1.165) is 16.3 Å². The molecule has 0 aliphatic heterocycles. The fourth-order valence-corrected chi connectivity index (χ4v) is 5.38. The Morgan fingerprint density at radius 1 is 1.20 bits per heavy atom. The SMILES string of the molecule is COC(=O)C[C@H](NC(=O)C(CC(C)C)n1cc(CCN(C)C)c(C(F)(F)F)cc1=O)c1cc(-c2c(C)cccc2C#N)cc(Cl)n1. The zero-order valence-corrected chi connectivity index (χ0v) is 27.3. The first kappa shape index (κ1) is 36.3. The Kier molecular flexibility index (Phi) is 12.1. The molecule has 0 radical (unpaired) electrons. The number of esters is 1. The number of amides is 1. The van der Waals surface area contributed by atoms with E-state index in [-0.39, 0.29) is 48.1 Å². The minimum Gasteiger partial charge on any atom is -0.469 e. The quantitative estimate of drug-likeness (QED) is 0.191. The zero-order chi connectivity index (χ0) is 34.3. The second-order valence-electron chi connectivity index (χ2n) is 11.7. The molecular formula is C33H37ClF3N5O4. The number of rotatable bonds is 12. The minimum atomic E-state index is -4.76. The summed E-state index contributed by atoms with van der Waals surface area (Å²) in [6.45, 7) is 5.73. The van der Waals surface area contributed by atoms with E-state index in [1.54, 1.807) is 43.3 Å². The zero-order valence-electron chi connectivity index (χ0n) is 26.5. The van der Waals surface area contributed by atoms with Gasteiger partial charge in [0.25, 0.3) is 5.56 Å². The summed E-state index contributed by atoms with van der Waals surface area (Å²) < 4.78 is 47.6. The molecule has 0 saturated heterocycles. The summed E-state index contributed by atoms with van der Waals surface area (Å²) in [6.07, 6.45) is -3.92. The van der Waals surface area contributed by atoms with Gasteiger partial charge in [0, 0.05) is 24.4 Å². The number of carbonyl (C=O) groups is 2. The third-order valence-electron chi connectivity index (χ3n) is 7.40. The number of halogens is 4. The van der Waals surface area contributed by atoms with E-state index in [2.05, 4.69) is 16.4 Å². The van der Waals surface area contributed by atoms with Gasteiger partial charge in [-0.15, -0.1) is 0 Å². The van der Waals surface area contributed by atoms with Gasteiger partial charge in [-0.05, 0) is 74.7 Å². The van der Waals surface area contributed by atoms with Gasteiger partial charge in [0.2, 0.25) is 5.91 Å². The van der Waals surface area contributed by atoms with Gasteiger partial charge in [0.05, 0.1) is 42.5 Å². The van der Waals surface area contributed by atoms with Crippen LogP contribution in [0.3, 0.4) is 0 Å². The van der Waals surface area contributed by atoms with E-state index in [0.29, 0.717) is 22.8 Å². The lowest BCUT2D eigenvalue weighted by atomic mass is 9.94. The summed E-state index contributed by atoms with van der Waals surface area (Å²) in [5.74, 6) is -1.53. The molecular weight excluding hydrogens is 623 g/mol. The molecule has 1 N–H and O–H groups in total. The van der Waals surface area contributed by atoms with Gasteiger partial charge in [0.15, 0.2) is 0 Å². The predicted molar refractivity (Wildman–Crippen MR) is 168 cm³/mol. The standard InChI is InChI=1S/C33H37ClF3N5O4/c1-19(2)12-27(42-18-22(10-11-41(4)5)24(15-29(42)43)33(35,36)37)32(45)40-26(16-30(44)46-6)25-13-23(14-28(34)39-25)31-20(3)8-7-9-21(31)17-38/h7-9,13-15,18-19,26-27H,10-12,16H2,1-6H3,(H,40,45)/t26-,27?/m0/s1.